The van der Waals surface area contributed by atoms with Gasteiger partial charge in [-0.2, -0.15) is 0 Å². The van der Waals surface area contributed by atoms with E-state index in [9.17, 15) is 9.59 Å². The number of hydrogen-bond donors (Lipinski definition) is 2. The maximum absolute atomic E-state index is 11.7. The van der Waals surface area contributed by atoms with Crippen LogP contribution in [0.5, 0.6) is 0 Å². The van der Waals surface area contributed by atoms with Gasteiger partial charge in [0, 0.05) is 19.2 Å². The lowest BCUT2D eigenvalue weighted by atomic mass is 10.0. The van der Waals surface area contributed by atoms with Crippen LogP contribution in [0.15, 0.2) is 24.3 Å². The van der Waals surface area contributed by atoms with Gasteiger partial charge in [0.25, 0.3) is 0 Å². The van der Waals surface area contributed by atoms with Gasteiger partial charge < -0.3 is 15.2 Å². The molecular formula is C16H23NO4. The van der Waals surface area contributed by atoms with Gasteiger partial charge in [0.1, 0.15) is 0 Å². The molecule has 5 heteroatoms. The van der Waals surface area contributed by atoms with Crippen molar-refractivity contribution >= 4 is 17.6 Å². The number of methoxy groups -OCH3 is 1. The minimum Gasteiger partial charge on any atom is -0.481 e. The average molecular weight is 293 g/mol. The highest BCUT2D eigenvalue weighted by molar-refractivity contribution is 5.90. The normalized spacial score (nSPS) is 13.5. The second-order valence-electron chi connectivity index (χ2n) is 5.27. The lowest BCUT2D eigenvalue weighted by Gasteiger charge is -2.10. The number of carbonyl (C=O) groups excluding carboxylic acids is 1. The number of hydrogen-bond acceptors (Lipinski definition) is 3. The van der Waals surface area contributed by atoms with Crippen molar-refractivity contribution < 1.29 is 19.4 Å². The van der Waals surface area contributed by atoms with E-state index in [1.807, 2.05) is 19.1 Å². The topological polar surface area (TPSA) is 75.6 Å². The van der Waals surface area contributed by atoms with Crippen LogP contribution in [0.1, 0.15) is 32.3 Å². The summed E-state index contributed by atoms with van der Waals surface area (Å²) in [6.45, 7) is 3.60. The van der Waals surface area contributed by atoms with Gasteiger partial charge in [-0.15, -0.1) is 0 Å². The number of amides is 1. The maximum atomic E-state index is 11.7. The van der Waals surface area contributed by atoms with Crippen LogP contribution in [0.3, 0.4) is 0 Å². The maximum Gasteiger partial charge on any atom is 0.306 e. The smallest absolute Gasteiger partial charge is 0.306 e. The first-order valence-electron chi connectivity index (χ1n) is 7.06. The van der Waals surface area contributed by atoms with E-state index in [1.165, 1.54) is 0 Å². The molecule has 5 nitrogen and oxygen atoms in total. The van der Waals surface area contributed by atoms with Crippen molar-refractivity contribution in [3.8, 4) is 0 Å². The van der Waals surface area contributed by atoms with E-state index in [-0.39, 0.29) is 12.0 Å². The molecule has 116 valence electrons. The molecule has 0 spiro atoms. The molecule has 0 heterocycles. The first kappa shape index (κ1) is 17.2. The van der Waals surface area contributed by atoms with Crippen LogP contribution in [-0.4, -0.2) is 30.2 Å². The molecule has 1 aromatic rings. The Morgan fingerprint density at radius 3 is 2.38 bits per heavy atom. The van der Waals surface area contributed by atoms with E-state index in [4.69, 9.17) is 9.84 Å². The quantitative estimate of drug-likeness (QED) is 0.772. The van der Waals surface area contributed by atoms with Gasteiger partial charge in [-0.3, -0.25) is 9.59 Å². The second kappa shape index (κ2) is 8.42. The molecule has 2 atom stereocenters. The van der Waals surface area contributed by atoms with Crippen LogP contribution in [0.4, 0.5) is 5.69 Å². The largest absolute Gasteiger partial charge is 0.481 e. The van der Waals surface area contributed by atoms with Gasteiger partial charge in [0.2, 0.25) is 5.91 Å². The van der Waals surface area contributed by atoms with Gasteiger partial charge >= 0.3 is 5.97 Å². The van der Waals surface area contributed by atoms with Crippen molar-refractivity contribution in [3.63, 3.8) is 0 Å². The van der Waals surface area contributed by atoms with Crippen molar-refractivity contribution in [2.24, 2.45) is 5.92 Å². The van der Waals surface area contributed by atoms with Gasteiger partial charge in [0.15, 0.2) is 0 Å². The molecule has 0 aromatic heterocycles. The summed E-state index contributed by atoms with van der Waals surface area (Å²) < 4.78 is 5.09. The fraction of sp³-hybridized carbons (Fsp3) is 0.500. The zero-order chi connectivity index (χ0) is 15.8. The summed E-state index contributed by atoms with van der Waals surface area (Å²) in [5, 5.41) is 11.7. The molecule has 2 N–H and O–H groups in total. The highest BCUT2D eigenvalue weighted by Crippen LogP contribution is 2.14. The molecule has 0 saturated heterocycles. The van der Waals surface area contributed by atoms with E-state index < -0.39 is 11.9 Å². The van der Waals surface area contributed by atoms with E-state index in [2.05, 4.69) is 5.32 Å². The van der Waals surface area contributed by atoms with Crippen LogP contribution in [0.25, 0.3) is 0 Å². The molecule has 0 radical (unpaired) electrons. The Bertz CT molecular complexity index is 470. The highest BCUT2D eigenvalue weighted by Gasteiger charge is 2.11. The Hall–Kier alpha value is -1.88. The summed E-state index contributed by atoms with van der Waals surface area (Å²) in [5.41, 5.74) is 1.66. The van der Waals surface area contributed by atoms with Crippen LogP contribution in [-0.2, 0) is 20.7 Å². The summed E-state index contributed by atoms with van der Waals surface area (Å²) in [4.78, 5) is 22.5. The summed E-state index contributed by atoms with van der Waals surface area (Å²) in [6.07, 6.45) is 1.63. The summed E-state index contributed by atoms with van der Waals surface area (Å²) in [7, 11) is 1.62. The van der Waals surface area contributed by atoms with Crippen molar-refractivity contribution in [2.75, 3.05) is 12.4 Å². The SMILES string of the molecule is COC(C)CCC(=O)Nc1ccc(CC(C)C(=O)O)cc1. The Morgan fingerprint density at radius 2 is 1.86 bits per heavy atom. The van der Waals surface area contributed by atoms with E-state index in [0.29, 0.717) is 19.3 Å². The predicted molar refractivity (Wildman–Crippen MR) is 81.3 cm³/mol. The fourth-order valence-electron chi connectivity index (χ4n) is 1.84. The van der Waals surface area contributed by atoms with Crippen LogP contribution >= 0.6 is 0 Å². The zero-order valence-electron chi connectivity index (χ0n) is 12.8. The van der Waals surface area contributed by atoms with Crippen molar-refractivity contribution in [1.29, 1.82) is 0 Å². The van der Waals surface area contributed by atoms with E-state index in [1.54, 1.807) is 26.2 Å². The second-order valence-corrected chi connectivity index (χ2v) is 5.27. The number of benzene rings is 1. The lowest BCUT2D eigenvalue weighted by molar-refractivity contribution is -0.141. The molecule has 0 bridgehead atoms. The Kier molecular flexibility index (Phi) is 6.88. The van der Waals surface area contributed by atoms with Crippen molar-refractivity contribution in [1.82, 2.24) is 0 Å². The summed E-state index contributed by atoms with van der Waals surface area (Å²) >= 11 is 0. The van der Waals surface area contributed by atoms with E-state index >= 15 is 0 Å². The lowest BCUT2D eigenvalue weighted by Crippen LogP contribution is -2.15. The molecule has 21 heavy (non-hydrogen) atoms. The van der Waals surface area contributed by atoms with Gasteiger partial charge in [-0.1, -0.05) is 19.1 Å². The minimum atomic E-state index is -0.806. The van der Waals surface area contributed by atoms with Crippen LogP contribution in [0, 0.1) is 5.92 Å². The van der Waals surface area contributed by atoms with Crippen molar-refractivity contribution in [3.05, 3.63) is 29.8 Å². The first-order valence-corrected chi connectivity index (χ1v) is 7.06. The Balaban J connectivity index is 2.47. The zero-order valence-corrected chi connectivity index (χ0v) is 12.8. The monoisotopic (exact) mass is 293 g/mol. The summed E-state index contributed by atoms with van der Waals surface area (Å²) in [5.74, 6) is -1.27. The fourth-order valence-corrected chi connectivity index (χ4v) is 1.84. The number of aliphatic carboxylic acids is 1. The molecule has 1 amide bonds. The third-order valence-electron chi connectivity index (χ3n) is 3.38. The van der Waals surface area contributed by atoms with Gasteiger partial charge in [-0.05, 0) is 37.5 Å². The number of nitrogens with one attached hydrogen (secondary N) is 1. The molecular weight excluding hydrogens is 270 g/mol. The van der Waals surface area contributed by atoms with E-state index in [0.717, 1.165) is 11.3 Å². The molecule has 0 saturated carbocycles. The Labute approximate surface area is 125 Å². The van der Waals surface area contributed by atoms with Crippen LogP contribution < -0.4 is 5.32 Å². The average Bonchev–Trinajstić information content (AvgIpc) is 2.46. The molecule has 2 unspecified atom stereocenters. The van der Waals surface area contributed by atoms with Gasteiger partial charge in [0.05, 0.1) is 12.0 Å². The van der Waals surface area contributed by atoms with Crippen LogP contribution in [0.2, 0.25) is 0 Å². The highest BCUT2D eigenvalue weighted by atomic mass is 16.5. The number of ether oxygens (including phenoxy) is 1. The number of carboxylic acids is 1. The molecule has 0 aliphatic carbocycles. The molecule has 0 aliphatic heterocycles. The van der Waals surface area contributed by atoms with Gasteiger partial charge in [-0.25, -0.2) is 0 Å². The number of carboxylic acid groups (broad SMARTS) is 1. The third kappa shape index (κ3) is 6.40. The Morgan fingerprint density at radius 1 is 1.24 bits per heavy atom. The number of anilines is 1. The number of rotatable bonds is 8. The standard InChI is InChI=1S/C16H23NO4/c1-11(16(19)20)10-13-5-7-14(8-6-13)17-15(18)9-4-12(2)21-3/h5-8,11-12H,4,9-10H2,1-3H3,(H,17,18)(H,19,20). The minimum absolute atomic E-state index is 0.0504. The molecule has 1 aromatic carbocycles. The molecule has 1 rings (SSSR count). The summed E-state index contributed by atoms with van der Waals surface area (Å²) in [6, 6.07) is 7.27. The third-order valence-corrected chi connectivity index (χ3v) is 3.38. The number of carbonyl (C=O) groups is 2. The van der Waals surface area contributed by atoms with Crippen molar-refractivity contribution in [2.45, 2.75) is 39.2 Å². The molecule has 0 fully saturated rings. The first-order chi connectivity index (χ1) is 9.92. The predicted octanol–water partition coefficient (Wildman–Crippen LogP) is 2.70. The molecule has 0 aliphatic rings.